The maximum atomic E-state index is 16.3. The van der Waals surface area contributed by atoms with E-state index in [-0.39, 0.29) is 54.8 Å². The Labute approximate surface area is 227 Å². The molecular weight excluding hydrogens is 525 g/mol. The van der Waals surface area contributed by atoms with E-state index in [9.17, 15) is 9.65 Å². The molecule has 1 unspecified atom stereocenters. The summed E-state index contributed by atoms with van der Waals surface area (Å²) in [6.07, 6.45) is 3.98. The van der Waals surface area contributed by atoms with Crippen molar-refractivity contribution in [2.45, 2.75) is 44.2 Å². The molecule has 2 aliphatic heterocycles. The first-order chi connectivity index (χ1) is 18.7. The summed E-state index contributed by atoms with van der Waals surface area (Å²) in [5.74, 6) is -2.15. The maximum Gasteiger partial charge on any atom is 0.319 e. The highest BCUT2D eigenvalue weighted by Crippen LogP contribution is 2.45. The molecule has 1 atom stereocenters. The Kier molecular flexibility index (Phi) is 6.08. The number of halogens is 3. The van der Waals surface area contributed by atoms with E-state index in [4.69, 9.17) is 10.5 Å². The van der Waals surface area contributed by atoms with Crippen molar-refractivity contribution in [3.63, 3.8) is 0 Å². The summed E-state index contributed by atoms with van der Waals surface area (Å²) in [7, 11) is 3.45. The molecule has 2 saturated heterocycles. The Bertz CT molecular complexity index is 1670. The average Bonchev–Trinajstić information content (AvgIpc) is 3.58. The quantitative estimate of drug-likeness (QED) is 0.332. The summed E-state index contributed by atoms with van der Waals surface area (Å²) < 4.78 is 53.0. The fraction of sp³-hybridized carbons (Fsp3) is 0.393. The van der Waals surface area contributed by atoms with Gasteiger partial charge in [-0.15, -0.1) is 11.3 Å². The van der Waals surface area contributed by atoms with E-state index >= 15 is 8.78 Å². The minimum absolute atomic E-state index is 0.00466. The number of ether oxygens (including phenoxy) is 1. The zero-order valence-electron chi connectivity index (χ0n) is 21.8. The van der Waals surface area contributed by atoms with Gasteiger partial charge in [-0.3, -0.25) is 4.90 Å². The molecule has 0 amide bonds. The van der Waals surface area contributed by atoms with E-state index in [1.165, 1.54) is 12.1 Å². The number of thiophene rings is 1. The Morgan fingerprint density at radius 1 is 1.15 bits per heavy atom. The van der Waals surface area contributed by atoms with Gasteiger partial charge in [0.15, 0.2) is 5.82 Å². The van der Waals surface area contributed by atoms with Gasteiger partial charge in [0.1, 0.15) is 40.1 Å². The molecule has 202 valence electrons. The van der Waals surface area contributed by atoms with Gasteiger partial charge in [-0.2, -0.15) is 15.2 Å². The number of nitrogen functional groups attached to an aromatic ring is 1. The van der Waals surface area contributed by atoms with Crippen molar-refractivity contribution in [2.24, 2.45) is 0 Å². The largest absolute Gasteiger partial charge is 0.458 e. The first kappa shape index (κ1) is 25.6. The molecule has 0 spiro atoms. The van der Waals surface area contributed by atoms with Gasteiger partial charge in [0.2, 0.25) is 0 Å². The van der Waals surface area contributed by atoms with Gasteiger partial charge in [0, 0.05) is 24.9 Å². The monoisotopic (exact) mass is 552 g/mol. The number of nitrogens with two attached hydrogens (primary N) is 1. The van der Waals surface area contributed by atoms with Gasteiger partial charge in [-0.1, -0.05) is 6.07 Å². The van der Waals surface area contributed by atoms with Crippen molar-refractivity contribution in [1.29, 1.82) is 5.26 Å². The van der Waals surface area contributed by atoms with Crippen LogP contribution in [0.4, 0.5) is 24.0 Å². The first-order valence-electron chi connectivity index (χ1n) is 12.9. The first-order valence-corrected chi connectivity index (χ1v) is 13.7. The predicted molar refractivity (Wildman–Crippen MR) is 147 cm³/mol. The van der Waals surface area contributed by atoms with Crippen LogP contribution in [0.1, 0.15) is 38.2 Å². The number of nitriles is 1. The minimum atomic E-state index is -0.948. The average molecular weight is 553 g/mol. The zero-order valence-corrected chi connectivity index (χ0v) is 22.6. The van der Waals surface area contributed by atoms with Crippen molar-refractivity contribution in [2.75, 3.05) is 37.8 Å². The number of nitrogens with zero attached hydrogens (tertiary/aromatic N) is 5. The van der Waals surface area contributed by atoms with Gasteiger partial charge in [0.05, 0.1) is 21.4 Å². The number of anilines is 2. The van der Waals surface area contributed by atoms with E-state index in [0.717, 1.165) is 56.2 Å². The third-order valence-corrected chi connectivity index (χ3v) is 9.24. The van der Waals surface area contributed by atoms with E-state index in [1.54, 1.807) is 19.0 Å². The summed E-state index contributed by atoms with van der Waals surface area (Å²) in [5, 5.41) is 9.99. The fourth-order valence-electron chi connectivity index (χ4n) is 6.39. The number of benzene rings is 2. The third kappa shape index (κ3) is 3.80. The van der Waals surface area contributed by atoms with Crippen molar-refractivity contribution in [3.8, 4) is 23.2 Å². The minimum Gasteiger partial charge on any atom is -0.458 e. The molecule has 2 aromatic heterocycles. The van der Waals surface area contributed by atoms with Crippen molar-refractivity contribution < 1.29 is 17.9 Å². The molecule has 2 aromatic carbocycles. The van der Waals surface area contributed by atoms with Crippen LogP contribution in [-0.4, -0.2) is 53.7 Å². The maximum absolute atomic E-state index is 16.3. The molecule has 2 fully saturated rings. The second-order valence-electron chi connectivity index (χ2n) is 10.5. The molecule has 2 aliphatic rings. The van der Waals surface area contributed by atoms with Crippen LogP contribution < -0.4 is 15.4 Å². The van der Waals surface area contributed by atoms with Crippen LogP contribution in [-0.2, 0) is 0 Å². The standard InChI is InChI=1S/C28H27F3N6OS/c1-14(28-8-4-10-37(28)11-5-9-28)38-27-34-23-16(26(35-27)36(2)3)12-19(30)21(22(23)31)15-6-7-18(29)24-20(15)17(13-32)25(33)39-24/h6-7,12,14H,4-5,8-11,33H2,1-3H3. The van der Waals surface area contributed by atoms with E-state index in [1.807, 2.05) is 13.0 Å². The summed E-state index contributed by atoms with van der Waals surface area (Å²) in [6.45, 7) is 4.05. The Balaban J connectivity index is 1.54. The molecule has 6 rings (SSSR count). The van der Waals surface area contributed by atoms with Gasteiger partial charge in [-0.05, 0) is 63.4 Å². The lowest BCUT2D eigenvalue weighted by molar-refractivity contribution is 0.0407. The second kappa shape index (κ2) is 9.24. The molecule has 0 saturated carbocycles. The van der Waals surface area contributed by atoms with E-state index < -0.39 is 23.0 Å². The SMILES string of the molecule is CC(Oc1nc(N(C)C)c2cc(F)c(-c3ccc(F)c4sc(N)c(C#N)c34)c(F)c2n1)C12CCCN1CCC2. The van der Waals surface area contributed by atoms with E-state index in [0.29, 0.717) is 5.82 Å². The summed E-state index contributed by atoms with van der Waals surface area (Å²) in [6, 6.07) is 5.50. The topological polar surface area (TPSA) is 91.3 Å². The van der Waals surface area contributed by atoms with Gasteiger partial charge in [-0.25, -0.2) is 13.2 Å². The van der Waals surface area contributed by atoms with Crippen LogP contribution in [0.3, 0.4) is 0 Å². The molecule has 2 N–H and O–H groups in total. The van der Waals surface area contributed by atoms with Crippen molar-refractivity contribution in [3.05, 3.63) is 41.2 Å². The zero-order chi connectivity index (χ0) is 27.6. The number of aromatic nitrogens is 2. The van der Waals surface area contributed by atoms with Crippen LogP contribution in [0.15, 0.2) is 18.2 Å². The predicted octanol–water partition coefficient (Wildman–Crippen LogP) is 5.84. The lowest BCUT2D eigenvalue weighted by Crippen LogP contribution is -2.50. The highest BCUT2D eigenvalue weighted by molar-refractivity contribution is 7.23. The van der Waals surface area contributed by atoms with Gasteiger partial charge in [0.25, 0.3) is 0 Å². The van der Waals surface area contributed by atoms with Crippen LogP contribution in [0.5, 0.6) is 6.01 Å². The van der Waals surface area contributed by atoms with Crippen LogP contribution in [0.2, 0.25) is 0 Å². The van der Waals surface area contributed by atoms with Crippen LogP contribution in [0, 0.1) is 28.8 Å². The number of fused-ring (bicyclic) bond motifs is 3. The Hall–Kier alpha value is -3.62. The number of hydrogen-bond donors (Lipinski definition) is 1. The Morgan fingerprint density at radius 3 is 2.54 bits per heavy atom. The van der Waals surface area contributed by atoms with Gasteiger partial charge < -0.3 is 15.4 Å². The molecular formula is C28H27F3N6OS. The number of rotatable bonds is 5. The number of hydrogen-bond acceptors (Lipinski definition) is 8. The highest BCUT2D eigenvalue weighted by atomic mass is 32.1. The molecule has 0 aliphatic carbocycles. The van der Waals surface area contributed by atoms with Crippen molar-refractivity contribution >= 4 is 43.1 Å². The molecule has 39 heavy (non-hydrogen) atoms. The highest BCUT2D eigenvalue weighted by Gasteiger charge is 2.49. The Morgan fingerprint density at radius 2 is 1.87 bits per heavy atom. The summed E-state index contributed by atoms with van der Waals surface area (Å²) in [4.78, 5) is 13.1. The molecule has 4 heterocycles. The lowest BCUT2D eigenvalue weighted by Gasteiger charge is -2.37. The normalized spacial score (nSPS) is 17.5. The van der Waals surface area contributed by atoms with Crippen LogP contribution in [0.25, 0.3) is 32.1 Å². The van der Waals surface area contributed by atoms with Gasteiger partial charge >= 0.3 is 6.01 Å². The molecule has 0 radical (unpaired) electrons. The lowest BCUT2D eigenvalue weighted by atomic mass is 9.88. The second-order valence-corrected chi connectivity index (χ2v) is 11.5. The molecule has 0 bridgehead atoms. The van der Waals surface area contributed by atoms with Crippen molar-refractivity contribution in [1.82, 2.24) is 14.9 Å². The third-order valence-electron chi connectivity index (χ3n) is 8.21. The molecule has 7 nitrogen and oxygen atoms in total. The van der Waals surface area contributed by atoms with Crippen LogP contribution >= 0.6 is 11.3 Å². The summed E-state index contributed by atoms with van der Waals surface area (Å²) >= 11 is 0.868. The molecule has 4 aromatic rings. The summed E-state index contributed by atoms with van der Waals surface area (Å²) in [5.41, 5.74) is 5.31. The fourth-order valence-corrected chi connectivity index (χ4v) is 7.34. The smallest absolute Gasteiger partial charge is 0.319 e. The van der Waals surface area contributed by atoms with E-state index in [2.05, 4.69) is 14.9 Å². The molecule has 11 heteroatoms.